The van der Waals surface area contributed by atoms with E-state index in [1.165, 1.54) is 6.07 Å². The van der Waals surface area contributed by atoms with Crippen molar-refractivity contribution in [3.05, 3.63) is 65.7 Å². The molecule has 0 spiro atoms. The lowest BCUT2D eigenvalue weighted by Gasteiger charge is -2.14. The summed E-state index contributed by atoms with van der Waals surface area (Å²) in [4.78, 5) is 26.5. The summed E-state index contributed by atoms with van der Waals surface area (Å²) in [6.45, 7) is 0. The van der Waals surface area contributed by atoms with Gasteiger partial charge in [-0.25, -0.2) is 9.78 Å². The summed E-state index contributed by atoms with van der Waals surface area (Å²) in [6.07, 6.45) is 1.05. The minimum absolute atomic E-state index is 0.0913. The van der Waals surface area contributed by atoms with Crippen LogP contribution in [-0.2, 0) is 4.79 Å². The van der Waals surface area contributed by atoms with Crippen LogP contribution in [0.4, 0.5) is 4.39 Å². The van der Waals surface area contributed by atoms with Crippen molar-refractivity contribution in [1.82, 2.24) is 10.3 Å². The Hall–Kier alpha value is -2.76. The van der Waals surface area contributed by atoms with Gasteiger partial charge in [-0.05, 0) is 17.7 Å². The van der Waals surface area contributed by atoms with Crippen molar-refractivity contribution in [2.45, 2.75) is 6.04 Å². The van der Waals surface area contributed by atoms with Gasteiger partial charge in [-0.2, -0.15) is 4.39 Å². The Kier molecular flexibility index (Phi) is 4.05. The van der Waals surface area contributed by atoms with Gasteiger partial charge >= 0.3 is 5.97 Å². The van der Waals surface area contributed by atoms with Gasteiger partial charge in [-0.1, -0.05) is 30.3 Å². The lowest BCUT2D eigenvalue weighted by Crippen LogP contribution is -2.33. The van der Waals surface area contributed by atoms with E-state index in [1.807, 2.05) is 0 Å². The first-order valence-corrected chi connectivity index (χ1v) is 5.78. The zero-order valence-electron chi connectivity index (χ0n) is 10.3. The average Bonchev–Trinajstić information content (AvgIpc) is 2.46. The summed E-state index contributed by atoms with van der Waals surface area (Å²) >= 11 is 0. The van der Waals surface area contributed by atoms with Crippen LogP contribution in [0.15, 0.2) is 48.7 Å². The number of rotatable bonds is 4. The SMILES string of the molecule is O=C(N[C@@H](C(=O)O)c1ccccc1)c1ccc(F)nc1. The molecule has 2 N–H and O–H groups in total. The van der Waals surface area contributed by atoms with E-state index in [1.54, 1.807) is 30.3 Å². The van der Waals surface area contributed by atoms with Gasteiger partial charge in [0.15, 0.2) is 6.04 Å². The third-order valence-electron chi connectivity index (χ3n) is 2.64. The van der Waals surface area contributed by atoms with E-state index < -0.39 is 23.9 Å². The van der Waals surface area contributed by atoms with E-state index in [0.29, 0.717) is 5.56 Å². The van der Waals surface area contributed by atoms with Crippen LogP contribution in [0.2, 0.25) is 0 Å². The first-order chi connectivity index (χ1) is 9.58. The molecule has 0 saturated carbocycles. The summed E-state index contributed by atoms with van der Waals surface area (Å²) in [5.41, 5.74) is 0.539. The fourth-order valence-corrected chi connectivity index (χ4v) is 1.66. The Morgan fingerprint density at radius 3 is 2.40 bits per heavy atom. The molecule has 0 aliphatic rings. The number of amides is 1. The standard InChI is InChI=1S/C14H11FN2O3/c15-11-7-6-10(8-16-11)13(18)17-12(14(19)20)9-4-2-1-3-5-9/h1-8,12H,(H,17,18)(H,19,20)/t12-/m1/s1. The van der Waals surface area contributed by atoms with Crippen molar-refractivity contribution < 1.29 is 19.1 Å². The normalized spacial score (nSPS) is 11.7. The van der Waals surface area contributed by atoms with Crippen molar-refractivity contribution in [2.75, 3.05) is 0 Å². The molecule has 1 amide bonds. The van der Waals surface area contributed by atoms with E-state index in [0.717, 1.165) is 12.3 Å². The zero-order valence-corrected chi connectivity index (χ0v) is 10.3. The van der Waals surface area contributed by atoms with Crippen molar-refractivity contribution in [3.63, 3.8) is 0 Å². The molecular weight excluding hydrogens is 263 g/mol. The van der Waals surface area contributed by atoms with Crippen molar-refractivity contribution in [3.8, 4) is 0 Å². The second-order valence-electron chi connectivity index (χ2n) is 4.02. The van der Waals surface area contributed by atoms with Crippen LogP contribution < -0.4 is 5.32 Å². The maximum atomic E-state index is 12.7. The molecule has 6 heteroatoms. The molecule has 0 unspecified atom stereocenters. The third kappa shape index (κ3) is 3.17. The summed E-state index contributed by atoms with van der Waals surface area (Å²) in [5.74, 6) is -2.52. The number of nitrogens with zero attached hydrogens (tertiary/aromatic N) is 1. The minimum atomic E-state index is -1.18. The van der Waals surface area contributed by atoms with E-state index in [-0.39, 0.29) is 5.56 Å². The predicted octanol–water partition coefficient (Wildman–Crippen LogP) is 1.78. The highest BCUT2D eigenvalue weighted by molar-refractivity contribution is 5.96. The topological polar surface area (TPSA) is 79.3 Å². The number of carbonyl (C=O) groups excluding carboxylic acids is 1. The number of carboxylic acid groups (broad SMARTS) is 1. The molecule has 0 saturated heterocycles. The van der Waals surface area contributed by atoms with Crippen molar-refractivity contribution in [1.29, 1.82) is 0 Å². The van der Waals surface area contributed by atoms with Gasteiger partial charge in [0.1, 0.15) is 0 Å². The Balaban J connectivity index is 2.19. The van der Waals surface area contributed by atoms with Gasteiger partial charge in [-0.15, -0.1) is 0 Å². The smallest absolute Gasteiger partial charge is 0.330 e. The number of benzene rings is 1. The highest BCUT2D eigenvalue weighted by atomic mass is 19.1. The molecule has 0 aliphatic carbocycles. The molecule has 20 heavy (non-hydrogen) atoms. The van der Waals surface area contributed by atoms with Gasteiger partial charge in [0.05, 0.1) is 5.56 Å². The van der Waals surface area contributed by atoms with Crippen LogP contribution in [0.5, 0.6) is 0 Å². The summed E-state index contributed by atoms with van der Waals surface area (Å²) < 4.78 is 12.7. The van der Waals surface area contributed by atoms with E-state index in [2.05, 4.69) is 10.3 Å². The van der Waals surface area contributed by atoms with Gasteiger partial charge in [0.25, 0.3) is 5.91 Å². The minimum Gasteiger partial charge on any atom is -0.479 e. The Labute approximate surface area is 114 Å². The Morgan fingerprint density at radius 1 is 1.15 bits per heavy atom. The van der Waals surface area contributed by atoms with E-state index in [4.69, 9.17) is 0 Å². The quantitative estimate of drug-likeness (QED) is 0.833. The summed E-state index contributed by atoms with van der Waals surface area (Å²) in [6, 6.07) is 9.40. The number of pyridine rings is 1. The first-order valence-electron chi connectivity index (χ1n) is 5.78. The van der Waals surface area contributed by atoms with Crippen LogP contribution in [-0.4, -0.2) is 22.0 Å². The van der Waals surface area contributed by atoms with Crippen LogP contribution in [0, 0.1) is 5.95 Å². The number of aromatic nitrogens is 1. The Morgan fingerprint density at radius 2 is 1.85 bits per heavy atom. The molecule has 5 nitrogen and oxygen atoms in total. The number of carboxylic acids is 1. The van der Waals surface area contributed by atoms with Gasteiger partial charge in [0.2, 0.25) is 5.95 Å². The summed E-state index contributed by atoms with van der Waals surface area (Å²) in [7, 11) is 0. The van der Waals surface area contributed by atoms with Crippen LogP contribution >= 0.6 is 0 Å². The lowest BCUT2D eigenvalue weighted by atomic mass is 10.1. The van der Waals surface area contributed by atoms with Crippen molar-refractivity contribution >= 4 is 11.9 Å². The first kappa shape index (κ1) is 13.7. The molecule has 0 fully saturated rings. The van der Waals surface area contributed by atoms with E-state index >= 15 is 0 Å². The Bertz CT molecular complexity index is 614. The number of nitrogens with one attached hydrogen (secondary N) is 1. The molecule has 0 bridgehead atoms. The molecule has 0 aliphatic heterocycles. The molecule has 1 heterocycles. The maximum absolute atomic E-state index is 12.7. The highest BCUT2D eigenvalue weighted by Gasteiger charge is 2.22. The summed E-state index contributed by atoms with van der Waals surface area (Å²) in [5, 5.41) is 11.5. The molecule has 1 aromatic heterocycles. The average molecular weight is 274 g/mol. The number of halogens is 1. The molecular formula is C14H11FN2O3. The number of aliphatic carboxylic acids is 1. The molecule has 102 valence electrons. The van der Waals surface area contributed by atoms with Gasteiger partial charge in [0, 0.05) is 6.20 Å². The lowest BCUT2D eigenvalue weighted by molar-refractivity contribution is -0.139. The van der Waals surface area contributed by atoms with Crippen LogP contribution in [0.25, 0.3) is 0 Å². The fourth-order valence-electron chi connectivity index (χ4n) is 1.66. The number of hydrogen-bond donors (Lipinski definition) is 2. The monoisotopic (exact) mass is 274 g/mol. The number of hydrogen-bond acceptors (Lipinski definition) is 3. The van der Waals surface area contributed by atoms with Gasteiger partial charge in [-0.3, -0.25) is 4.79 Å². The third-order valence-corrected chi connectivity index (χ3v) is 2.64. The van der Waals surface area contributed by atoms with Crippen LogP contribution in [0.1, 0.15) is 22.0 Å². The highest BCUT2D eigenvalue weighted by Crippen LogP contribution is 2.13. The van der Waals surface area contributed by atoms with Gasteiger partial charge < -0.3 is 10.4 Å². The molecule has 2 rings (SSSR count). The largest absolute Gasteiger partial charge is 0.479 e. The number of carbonyl (C=O) groups is 2. The second kappa shape index (κ2) is 5.92. The second-order valence-corrected chi connectivity index (χ2v) is 4.02. The van der Waals surface area contributed by atoms with Crippen LogP contribution in [0.3, 0.4) is 0 Å². The molecule has 1 aromatic carbocycles. The molecule has 1 atom stereocenters. The van der Waals surface area contributed by atoms with Crippen molar-refractivity contribution in [2.24, 2.45) is 0 Å². The molecule has 0 radical (unpaired) electrons. The maximum Gasteiger partial charge on any atom is 0.330 e. The van der Waals surface area contributed by atoms with E-state index in [9.17, 15) is 19.1 Å². The molecule has 2 aromatic rings. The fraction of sp³-hybridized carbons (Fsp3) is 0.0714. The predicted molar refractivity (Wildman–Crippen MR) is 68.5 cm³/mol. The zero-order chi connectivity index (χ0) is 14.5.